The van der Waals surface area contributed by atoms with Gasteiger partial charge < -0.3 is 0 Å². The average molecular weight is 247 g/mol. The van der Waals surface area contributed by atoms with E-state index in [0.29, 0.717) is 0 Å². The first-order chi connectivity index (χ1) is 4.79. The summed E-state index contributed by atoms with van der Waals surface area (Å²) in [5.74, 6) is 0. The molecule has 0 saturated carbocycles. The minimum atomic E-state index is 0.267. The highest BCUT2D eigenvalue weighted by Gasteiger charge is 1.94. The van der Waals surface area contributed by atoms with E-state index < -0.39 is 0 Å². The van der Waals surface area contributed by atoms with Gasteiger partial charge in [-0.05, 0) is 12.1 Å². The zero-order chi connectivity index (χ0) is 7.40. The lowest BCUT2D eigenvalue weighted by Crippen LogP contribution is -1.83. The summed E-state index contributed by atoms with van der Waals surface area (Å²) < 4.78 is 2.43. The van der Waals surface area contributed by atoms with Crippen LogP contribution in [0.1, 0.15) is 13.8 Å². The second-order valence-corrected chi connectivity index (χ2v) is 6.78. The molecule has 0 aliphatic rings. The smallest absolute Gasteiger partial charge is 0.00402 e. The molecule has 0 spiro atoms. The first-order valence-electron chi connectivity index (χ1n) is 3.47. The predicted molar refractivity (Wildman–Crippen MR) is 54.3 cm³/mol. The van der Waals surface area contributed by atoms with Crippen molar-refractivity contribution in [1.29, 1.82) is 0 Å². The van der Waals surface area contributed by atoms with Gasteiger partial charge in [0.2, 0.25) is 0 Å². The van der Waals surface area contributed by atoms with E-state index in [1.54, 1.807) is 3.57 Å². The van der Waals surface area contributed by atoms with Crippen molar-refractivity contribution >= 4 is 21.2 Å². The Bertz CT molecular complexity index is 179. The number of hydrogen-bond acceptors (Lipinski definition) is 0. The highest BCUT2D eigenvalue weighted by Crippen LogP contribution is 2.25. The van der Waals surface area contributed by atoms with Crippen molar-refractivity contribution < 1.29 is 0 Å². The highest BCUT2D eigenvalue weighted by molar-refractivity contribution is 14.2. The van der Waals surface area contributed by atoms with Crippen LogP contribution in [0.5, 0.6) is 0 Å². The third-order valence-corrected chi connectivity index (χ3v) is 3.76. The second kappa shape index (κ2) is 3.96. The minimum Gasteiger partial charge on any atom is -0.112 e. The van der Waals surface area contributed by atoms with Crippen LogP contribution in [-0.2, 0) is 0 Å². The molecule has 1 rings (SSSR count). The van der Waals surface area contributed by atoms with E-state index in [2.05, 4.69) is 44.2 Å². The molecule has 0 bridgehead atoms. The van der Waals surface area contributed by atoms with Gasteiger partial charge in [-0.2, -0.15) is 0 Å². The third-order valence-electron chi connectivity index (χ3n) is 1.08. The maximum atomic E-state index is 2.29. The molecule has 0 aliphatic carbocycles. The summed E-state index contributed by atoms with van der Waals surface area (Å²) in [7, 11) is 0. The summed E-state index contributed by atoms with van der Waals surface area (Å²) >= 11 is 0.267. The van der Waals surface area contributed by atoms with E-state index in [1.165, 1.54) is 0 Å². The molecule has 0 saturated heterocycles. The fourth-order valence-electron chi connectivity index (χ4n) is 0.739. The van der Waals surface area contributed by atoms with Crippen LogP contribution in [0.2, 0.25) is 0 Å². The molecule has 0 aliphatic heterocycles. The van der Waals surface area contributed by atoms with Crippen molar-refractivity contribution in [3.8, 4) is 0 Å². The number of alkyl halides is 1. The number of hydrogen-bond donors (Lipinski definition) is 0. The van der Waals surface area contributed by atoms with Gasteiger partial charge in [0.1, 0.15) is 0 Å². The molecule has 0 amide bonds. The topological polar surface area (TPSA) is 0 Å². The summed E-state index contributed by atoms with van der Waals surface area (Å²) in [5, 5.41) is 0. The van der Waals surface area contributed by atoms with Crippen LogP contribution < -0.4 is 0 Å². The molecule has 0 fully saturated rings. The molecule has 10 heavy (non-hydrogen) atoms. The van der Waals surface area contributed by atoms with Gasteiger partial charge in [-0.25, -0.2) is 0 Å². The van der Waals surface area contributed by atoms with E-state index in [-0.39, 0.29) is 21.2 Å². The molecule has 0 nitrogen and oxygen atoms in total. The average Bonchev–Trinajstić information content (AvgIpc) is 1.88. The third kappa shape index (κ3) is 2.69. The summed E-state index contributed by atoms with van der Waals surface area (Å²) in [6.07, 6.45) is 0. The van der Waals surface area contributed by atoms with Crippen LogP contribution in [0.25, 0.3) is 0 Å². The number of halogens is 1. The van der Waals surface area contributed by atoms with Crippen molar-refractivity contribution in [2.45, 2.75) is 17.8 Å². The van der Waals surface area contributed by atoms with Crippen molar-refractivity contribution in [3.05, 3.63) is 33.9 Å². The predicted octanol–water partition coefficient (Wildman–Crippen LogP) is 3.24. The highest BCUT2D eigenvalue weighted by atomic mass is 127. The standard InChI is InChI=1S/C9H12I/c1-8(2)10-9-6-4-3-5-7-9/h3-8H,1-2H3. The number of benzene rings is 1. The molecular weight excluding hydrogens is 235 g/mol. The lowest BCUT2D eigenvalue weighted by Gasteiger charge is -2.02. The molecule has 0 atom stereocenters. The van der Waals surface area contributed by atoms with Crippen molar-refractivity contribution in [2.75, 3.05) is 0 Å². The van der Waals surface area contributed by atoms with Gasteiger partial charge in [0.25, 0.3) is 0 Å². The Morgan fingerprint density at radius 2 is 1.70 bits per heavy atom. The first kappa shape index (κ1) is 8.05. The molecule has 1 heteroatoms. The molecule has 1 radical (unpaired) electrons. The molecule has 0 unspecified atom stereocenters. The van der Waals surface area contributed by atoms with E-state index in [9.17, 15) is 0 Å². The van der Waals surface area contributed by atoms with Crippen molar-refractivity contribution in [2.24, 2.45) is 0 Å². The lowest BCUT2D eigenvalue weighted by molar-refractivity contribution is 1.16. The van der Waals surface area contributed by atoms with Gasteiger partial charge in [0, 0.05) is 7.49 Å². The van der Waals surface area contributed by atoms with Crippen LogP contribution >= 0.6 is 21.2 Å². The van der Waals surface area contributed by atoms with Crippen LogP contribution in [0.4, 0.5) is 0 Å². The first-order valence-corrected chi connectivity index (χ1v) is 5.80. The Labute approximate surface area is 72.9 Å². The lowest BCUT2D eigenvalue weighted by atomic mass is 10.4. The molecule has 55 valence electrons. The fraction of sp³-hybridized carbons (Fsp3) is 0.333. The quantitative estimate of drug-likeness (QED) is 0.556. The van der Waals surface area contributed by atoms with Crippen molar-refractivity contribution in [3.63, 3.8) is 0 Å². The molecule has 1 aromatic carbocycles. The molecule has 0 N–H and O–H groups in total. The number of rotatable bonds is 2. The second-order valence-electron chi connectivity index (χ2n) is 2.42. The SMILES string of the molecule is CC(C)[I]c1ccccc1. The normalized spacial score (nSPS) is 10.3. The molecule has 0 heterocycles. The van der Waals surface area contributed by atoms with Crippen LogP contribution in [0.15, 0.2) is 30.3 Å². The summed E-state index contributed by atoms with van der Waals surface area (Å²) in [4.78, 5) is 0. The van der Waals surface area contributed by atoms with E-state index in [0.717, 1.165) is 3.92 Å². The van der Waals surface area contributed by atoms with Gasteiger partial charge >= 0.3 is 0 Å². The Hall–Kier alpha value is -0.0500. The van der Waals surface area contributed by atoms with E-state index in [1.807, 2.05) is 0 Å². The summed E-state index contributed by atoms with van der Waals surface area (Å²) in [6.45, 7) is 4.58. The van der Waals surface area contributed by atoms with E-state index in [4.69, 9.17) is 0 Å². The van der Waals surface area contributed by atoms with Crippen molar-refractivity contribution in [1.82, 2.24) is 0 Å². The van der Waals surface area contributed by atoms with Gasteiger partial charge in [-0.1, -0.05) is 32.0 Å². The maximum Gasteiger partial charge on any atom is 0.00402 e. The zero-order valence-corrected chi connectivity index (χ0v) is 8.50. The van der Waals surface area contributed by atoms with Gasteiger partial charge in [-0.3, -0.25) is 0 Å². The largest absolute Gasteiger partial charge is 0.112 e. The van der Waals surface area contributed by atoms with E-state index >= 15 is 0 Å². The summed E-state index contributed by atoms with van der Waals surface area (Å²) in [5.41, 5.74) is 0. The van der Waals surface area contributed by atoms with Crippen LogP contribution in [0, 0.1) is 3.57 Å². The van der Waals surface area contributed by atoms with Crippen LogP contribution in [-0.4, -0.2) is 3.92 Å². The van der Waals surface area contributed by atoms with Gasteiger partial charge in [0.05, 0.1) is 0 Å². The maximum absolute atomic E-state index is 2.29. The Kier molecular flexibility index (Phi) is 3.19. The molecule has 0 aromatic heterocycles. The van der Waals surface area contributed by atoms with Gasteiger partial charge in [0.15, 0.2) is 0 Å². The van der Waals surface area contributed by atoms with Crippen LogP contribution in [0.3, 0.4) is 0 Å². The Morgan fingerprint density at radius 1 is 1.10 bits per heavy atom. The molecular formula is C9H12I. The monoisotopic (exact) mass is 247 g/mol. The Balaban J connectivity index is 2.59. The fourth-order valence-corrected chi connectivity index (χ4v) is 3.01. The minimum absolute atomic E-state index is 0.267. The molecule has 1 aromatic rings. The Morgan fingerprint density at radius 3 is 2.20 bits per heavy atom. The van der Waals surface area contributed by atoms with Gasteiger partial charge in [-0.15, -0.1) is 21.2 Å². The summed E-state index contributed by atoms with van der Waals surface area (Å²) in [6, 6.07) is 10.8. The zero-order valence-electron chi connectivity index (χ0n) is 6.34.